The molecule has 0 bridgehead atoms. The van der Waals surface area contributed by atoms with Crippen LogP contribution in [0, 0.1) is 6.92 Å². The Morgan fingerprint density at radius 1 is 1.56 bits per heavy atom. The first-order valence-corrected chi connectivity index (χ1v) is 5.70. The minimum Gasteiger partial charge on any atom is -0.480 e. The SMILES string of the molecule is CNC(C(=O)O)c1ccc2nc(C)sc2c1. The van der Waals surface area contributed by atoms with Crippen molar-refractivity contribution in [2.24, 2.45) is 0 Å². The fourth-order valence-electron chi connectivity index (χ4n) is 1.67. The smallest absolute Gasteiger partial charge is 0.325 e. The lowest BCUT2D eigenvalue weighted by molar-refractivity contribution is -0.139. The summed E-state index contributed by atoms with van der Waals surface area (Å²) >= 11 is 1.57. The van der Waals surface area contributed by atoms with Gasteiger partial charge in [-0.3, -0.25) is 4.79 Å². The largest absolute Gasteiger partial charge is 0.480 e. The number of hydrogen-bond acceptors (Lipinski definition) is 4. The molecule has 0 saturated carbocycles. The minimum absolute atomic E-state index is 0.660. The highest BCUT2D eigenvalue weighted by molar-refractivity contribution is 7.18. The highest BCUT2D eigenvalue weighted by Crippen LogP contribution is 2.25. The molecule has 0 radical (unpaired) electrons. The average Bonchev–Trinajstić information content (AvgIpc) is 2.57. The van der Waals surface area contributed by atoms with Gasteiger partial charge in [-0.25, -0.2) is 4.98 Å². The molecule has 0 spiro atoms. The number of likely N-dealkylation sites (N-methyl/N-ethyl adjacent to an activating group) is 1. The van der Waals surface area contributed by atoms with Gasteiger partial charge in [0.15, 0.2) is 0 Å². The second-order valence-electron chi connectivity index (χ2n) is 3.52. The zero-order valence-corrected chi connectivity index (χ0v) is 9.84. The number of aromatic nitrogens is 1. The Labute approximate surface area is 96.9 Å². The lowest BCUT2D eigenvalue weighted by Gasteiger charge is -2.10. The number of fused-ring (bicyclic) bond motifs is 1. The summed E-state index contributed by atoms with van der Waals surface area (Å²) < 4.78 is 1.02. The van der Waals surface area contributed by atoms with Crippen LogP contribution in [0.4, 0.5) is 0 Å². The third-order valence-electron chi connectivity index (χ3n) is 2.39. The summed E-state index contributed by atoms with van der Waals surface area (Å²) in [6.45, 7) is 1.94. The van der Waals surface area contributed by atoms with Crippen LogP contribution in [0.1, 0.15) is 16.6 Å². The van der Waals surface area contributed by atoms with Crippen molar-refractivity contribution < 1.29 is 9.90 Å². The van der Waals surface area contributed by atoms with Gasteiger partial charge < -0.3 is 10.4 Å². The summed E-state index contributed by atoms with van der Waals surface area (Å²) in [4.78, 5) is 15.3. The molecule has 2 rings (SSSR count). The Morgan fingerprint density at radius 3 is 2.94 bits per heavy atom. The highest BCUT2D eigenvalue weighted by atomic mass is 32.1. The second kappa shape index (κ2) is 4.19. The number of carboxylic acids is 1. The molecule has 0 amide bonds. The van der Waals surface area contributed by atoms with E-state index in [0.29, 0.717) is 0 Å². The number of benzene rings is 1. The number of nitrogens with zero attached hydrogens (tertiary/aromatic N) is 1. The zero-order valence-electron chi connectivity index (χ0n) is 9.02. The van der Waals surface area contributed by atoms with E-state index in [2.05, 4.69) is 10.3 Å². The van der Waals surface area contributed by atoms with Crippen LogP contribution in [0.25, 0.3) is 10.2 Å². The van der Waals surface area contributed by atoms with E-state index in [-0.39, 0.29) is 0 Å². The van der Waals surface area contributed by atoms with E-state index in [1.807, 2.05) is 19.1 Å². The van der Waals surface area contributed by atoms with E-state index in [1.54, 1.807) is 24.5 Å². The molecule has 1 atom stereocenters. The molecular formula is C11H12N2O2S. The van der Waals surface area contributed by atoms with Crippen molar-refractivity contribution in [3.63, 3.8) is 0 Å². The van der Waals surface area contributed by atoms with Crippen LogP contribution in [-0.4, -0.2) is 23.1 Å². The molecule has 2 N–H and O–H groups in total. The number of carbonyl (C=O) groups is 1. The number of nitrogens with one attached hydrogen (secondary N) is 1. The first-order valence-electron chi connectivity index (χ1n) is 4.89. The van der Waals surface area contributed by atoms with Gasteiger partial charge in [-0.1, -0.05) is 6.07 Å². The van der Waals surface area contributed by atoms with Gasteiger partial charge in [0, 0.05) is 0 Å². The van der Waals surface area contributed by atoms with Crippen LogP contribution in [0.2, 0.25) is 0 Å². The van der Waals surface area contributed by atoms with Gasteiger partial charge in [-0.2, -0.15) is 0 Å². The monoisotopic (exact) mass is 236 g/mol. The molecule has 0 saturated heterocycles. The van der Waals surface area contributed by atoms with Gasteiger partial charge in [-0.15, -0.1) is 11.3 Å². The average molecular weight is 236 g/mol. The Balaban J connectivity index is 2.48. The van der Waals surface area contributed by atoms with E-state index in [4.69, 9.17) is 5.11 Å². The molecule has 0 aliphatic carbocycles. The van der Waals surface area contributed by atoms with Crippen LogP contribution in [0.3, 0.4) is 0 Å². The summed E-state index contributed by atoms with van der Waals surface area (Å²) in [5.74, 6) is -0.872. The molecule has 2 aromatic rings. The number of aryl methyl sites for hydroxylation is 1. The van der Waals surface area contributed by atoms with Crippen molar-refractivity contribution in [3.05, 3.63) is 28.8 Å². The number of carboxylic acid groups (broad SMARTS) is 1. The van der Waals surface area contributed by atoms with Gasteiger partial charge in [0.05, 0.1) is 15.2 Å². The molecule has 1 heterocycles. The summed E-state index contributed by atoms with van der Waals surface area (Å²) in [7, 11) is 1.64. The van der Waals surface area contributed by atoms with Gasteiger partial charge in [0.1, 0.15) is 6.04 Å². The number of aliphatic carboxylic acids is 1. The molecule has 16 heavy (non-hydrogen) atoms. The summed E-state index contributed by atoms with van der Waals surface area (Å²) in [6.07, 6.45) is 0. The molecule has 0 aliphatic heterocycles. The minimum atomic E-state index is -0.872. The molecular weight excluding hydrogens is 224 g/mol. The molecule has 4 nitrogen and oxygen atoms in total. The Morgan fingerprint density at radius 2 is 2.31 bits per heavy atom. The second-order valence-corrected chi connectivity index (χ2v) is 4.75. The van der Waals surface area contributed by atoms with Crippen molar-refractivity contribution in [1.29, 1.82) is 0 Å². The summed E-state index contributed by atoms with van der Waals surface area (Å²) in [5.41, 5.74) is 1.68. The predicted molar refractivity (Wildman–Crippen MR) is 63.8 cm³/mol. The van der Waals surface area contributed by atoms with Gasteiger partial charge in [-0.05, 0) is 31.7 Å². The molecule has 0 aliphatic rings. The van der Waals surface area contributed by atoms with Crippen LogP contribution in [0.5, 0.6) is 0 Å². The normalized spacial score (nSPS) is 12.9. The lowest BCUT2D eigenvalue weighted by atomic mass is 10.1. The van der Waals surface area contributed by atoms with Crippen LogP contribution >= 0.6 is 11.3 Å². The first-order chi connectivity index (χ1) is 7.61. The molecule has 0 fully saturated rings. The standard InChI is InChI=1S/C11H12N2O2S/c1-6-13-8-4-3-7(5-9(8)16-6)10(12-2)11(14)15/h3-5,10,12H,1-2H3,(H,14,15). The quantitative estimate of drug-likeness (QED) is 0.855. The summed E-state index contributed by atoms with van der Waals surface area (Å²) in [5, 5.41) is 12.8. The van der Waals surface area contributed by atoms with Gasteiger partial charge in [0.2, 0.25) is 0 Å². The number of rotatable bonds is 3. The molecule has 1 aromatic carbocycles. The van der Waals surface area contributed by atoms with E-state index in [1.165, 1.54) is 0 Å². The third kappa shape index (κ3) is 1.91. The van der Waals surface area contributed by atoms with Crippen molar-refractivity contribution in [2.45, 2.75) is 13.0 Å². The molecule has 84 valence electrons. The third-order valence-corrected chi connectivity index (χ3v) is 3.32. The summed E-state index contributed by atoms with van der Waals surface area (Å²) in [6, 6.07) is 4.89. The first kappa shape index (κ1) is 11.0. The van der Waals surface area contributed by atoms with Crippen LogP contribution in [-0.2, 0) is 4.79 Å². The molecule has 5 heteroatoms. The van der Waals surface area contributed by atoms with Gasteiger partial charge >= 0.3 is 5.97 Å². The number of hydrogen-bond donors (Lipinski definition) is 2. The molecule has 1 aromatic heterocycles. The maximum Gasteiger partial charge on any atom is 0.325 e. The van der Waals surface area contributed by atoms with Crippen molar-refractivity contribution in [1.82, 2.24) is 10.3 Å². The van der Waals surface area contributed by atoms with Crippen LogP contribution < -0.4 is 5.32 Å². The van der Waals surface area contributed by atoms with E-state index in [0.717, 1.165) is 20.8 Å². The van der Waals surface area contributed by atoms with E-state index >= 15 is 0 Å². The Bertz CT molecular complexity index is 536. The fraction of sp³-hybridized carbons (Fsp3) is 0.273. The maximum atomic E-state index is 11.0. The van der Waals surface area contributed by atoms with Gasteiger partial charge in [0.25, 0.3) is 0 Å². The fourth-order valence-corrected chi connectivity index (χ4v) is 2.54. The zero-order chi connectivity index (χ0) is 11.7. The Kier molecular flexibility index (Phi) is 2.89. The van der Waals surface area contributed by atoms with E-state index in [9.17, 15) is 4.79 Å². The Hall–Kier alpha value is -1.46. The predicted octanol–water partition coefficient (Wildman–Crippen LogP) is 1.95. The van der Waals surface area contributed by atoms with Crippen molar-refractivity contribution in [2.75, 3.05) is 7.05 Å². The van der Waals surface area contributed by atoms with Crippen LogP contribution in [0.15, 0.2) is 18.2 Å². The lowest BCUT2D eigenvalue weighted by Crippen LogP contribution is -2.24. The van der Waals surface area contributed by atoms with Crippen molar-refractivity contribution in [3.8, 4) is 0 Å². The number of thiazole rings is 1. The van der Waals surface area contributed by atoms with Crippen molar-refractivity contribution >= 4 is 27.5 Å². The maximum absolute atomic E-state index is 11.0. The molecule has 1 unspecified atom stereocenters. The van der Waals surface area contributed by atoms with E-state index < -0.39 is 12.0 Å². The highest BCUT2D eigenvalue weighted by Gasteiger charge is 2.17. The topological polar surface area (TPSA) is 62.2 Å².